The molecule has 1 aliphatic rings. The number of allylic oxidation sites excluding steroid dienone is 1. The Hall–Kier alpha value is -0.630. The number of carbonyl (C=O) groups excluding carboxylic acids is 1. The van der Waals surface area contributed by atoms with Gasteiger partial charge < -0.3 is 4.90 Å². The van der Waals surface area contributed by atoms with E-state index in [-0.39, 0.29) is 0 Å². The van der Waals surface area contributed by atoms with Gasteiger partial charge in [-0.25, -0.2) is 0 Å². The molecule has 1 saturated heterocycles. The van der Waals surface area contributed by atoms with Crippen LogP contribution in [-0.4, -0.2) is 30.3 Å². The molecule has 1 rings (SSSR count). The summed E-state index contributed by atoms with van der Waals surface area (Å²) in [5.41, 5.74) is 0. The molecule has 14 heavy (non-hydrogen) atoms. The molecule has 0 N–H and O–H groups in total. The Morgan fingerprint density at radius 1 is 1.64 bits per heavy atom. The highest BCUT2D eigenvalue weighted by Gasteiger charge is 2.24. The molecular formula is C12H21NO. The maximum absolute atomic E-state index is 11.5. The van der Waals surface area contributed by atoms with Crippen LogP contribution in [0.2, 0.25) is 0 Å². The van der Waals surface area contributed by atoms with Gasteiger partial charge in [-0.05, 0) is 25.8 Å². The highest BCUT2D eigenvalue weighted by Crippen LogP contribution is 2.16. The van der Waals surface area contributed by atoms with Crippen molar-refractivity contribution >= 4 is 5.78 Å². The number of unbranched alkanes of at least 4 members (excludes halogenated alkanes) is 1. The van der Waals surface area contributed by atoms with Crippen LogP contribution >= 0.6 is 0 Å². The average molecular weight is 195 g/mol. The highest BCUT2D eigenvalue weighted by molar-refractivity contribution is 5.82. The van der Waals surface area contributed by atoms with Gasteiger partial charge in [-0.1, -0.05) is 13.0 Å². The Balaban J connectivity index is 2.27. The molecule has 1 heterocycles. The first-order valence-corrected chi connectivity index (χ1v) is 5.64. The van der Waals surface area contributed by atoms with Gasteiger partial charge in [-0.15, -0.1) is 6.58 Å². The van der Waals surface area contributed by atoms with Crippen molar-refractivity contribution in [1.82, 2.24) is 4.90 Å². The van der Waals surface area contributed by atoms with E-state index < -0.39 is 0 Å². The Labute approximate surface area is 87.0 Å². The Morgan fingerprint density at radius 3 is 3.07 bits per heavy atom. The summed E-state index contributed by atoms with van der Waals surface area (Å²) in [5.74, 6) is 0.764. The van der Waals surface area contributed by atoms with Crippen LogP contribution in [0, 0.1) is 5.92 Å². The minimum Gasteiger partial charge on any atom is -0.302 e. The van der Waals surface area contributed by atoms with Crippen LogP contribution in [-0.2, 0) is 4.79 Å². The summed E-state index contributed by atoms with van der Waals surface area (Å²) in [4.78, 5) is 13.9. The maximum Gasteiger partial charge on any atom is 0.138 e. The SMILES string of the molecule is C=CCCCN1CCC(=O)C(CC)C1. The molecule has 0 aromatic rings. The topological polar surface area (TPSA) is 20.3 Å². The Kier molecular flexibility index (Phi) is 4.88. The molecule has 80 valence electrons. The van der Waals surface area contributed by atoms with E-state index in [1.54, 1.807) is 0 Å². The summed E-state index contributed by atoms with van der Waals surface area (Å²) < 4.78 is 0. The normalized spacial score (nSPS) is 23.8. The highest BCUT2D eigenvalue weighted by atomic mass is 16.1. The summed E-state index contributed by atoms with van der Waals surface area (Å²) in [7, 11) is 0. The van der Waals surface area contributed by atoms with E-state index in [4.69, 9.17) is 0 Å². The molecule has 1 aliphatic heterocycles. The van der Waals surface area contributed by atoms with Crippen molar-refractivity contribution in [2.45, 2.75) is 32.6 Å². The van der Waals surface area contributed by atoms with E-state index in [2.05, 4.69) is 18.4 Å². The van der Waals surface area contributed by atoms with Crippen LogP contribution in [0.4, 0.5) is 0 Å². The molecule has 0 aliphatic carbocycles. The first kappa shape index (κ1) is 11.4. The number of likely N-dealkylation sites (tertiary alicyclic amines) is 1. The van der Waals surface area contributed by atoms with E-state index in [1.165, 1.54) is 6.42 Å². The Morgan fingerprint density at radius 2 is 2.43 bits per heavy atom. The summed E-state index contributed by atoms with van der Waals surface area (Å²) >= 11 is 0. The number of piperidine rings is 1. The second kappa shape index (κ2) is 5.97. The summed E-state index contributed by atoms with van der Waals surface area (Å²) in [5, 5.41) is 0. The zero-order valence-corrected chi connectivity index (χ0v) is 9.17. The Bertz CT molecular complexity index is 200. The lowest BCUT2D eigenvalue weighted by Crippen LogP contribution is -2.40. The van der Waals surface area contributed by atoms with Gasteiger partial charge >= 0.3 is 0 Å². The molecular weight excluding hydrogens is 174 g/mol. The van der Waals surface area contributed by atoms with Crippen LogP contribution in [0.1, 0.15) is 32.6 Å². The third-order valence-electron chi connectivity index (χ3n) is 2.98. The quantitative estimate of drug-likeness (QED) is 0.495. The molecule has 1 atom stereocenters. The molecule has 0 aromatic carbocycles. The van der Waals surface area contributed by atoms with Gasteiger partial charge in [0.15, 0.2) is 0 Å². The van der Waals surface area contributed by atoms with Crippen molar-refractivity contribution in [1.29, 1.82) is 0 Å². The molecule has 1 fully saturated rings. The van der Waals surface area contributed by atoms with Gasteiger partial charge in [0.05, 0.1) is 0 Å². The monoisotopic (exact) mass is 195 g/mol. The van der Waals surface area contributed by atoms with Crippen LogP contribution in [0.15, 0.2) is 12.7 Å². The molecule has 0 saturated carbocycles. The van der Waals surface area contributed by atoms with Crippen molar-refractivity contribution in [3.05, 3.63) is 12.7 Å². The number of Topliss-reactive ketones (excluding diaryl/α,β-unsaturated/α-hetero) is 1. The third kappa shape index (κ3) is 3.26. The molecule has 0 spiro atoms. The second-order valence-electron chi connectivity index (χ2n) is 4.05. The molecule has 0 aromatic heterocycles. The van der Waals surface area contributed by atoms with Crippen LogP contribution < -0.4 is 0 Å². The third-order valence-corrected chi connectivity index (χ3v) is 2.98. The van der Waals surface area contributed by atoms with Gasteiger partial charge in [0.1, 0.15) is 5.78 Å². The zero-order valence-electron chi connectivity index (χ0n) is 9.17. The first-order chi connectivity index (χ1) is 6.77. The number of ketones is 1. The zero-order chi connectivity index (χ0) is 10.4. The fourth-order valence-electron chi connectivity index (χ4n) is 2.00. The van der Waals surface area contributed by atoms with Crippen molar-refractivity contribution in [2.75, 3.05) is 19.6 Å². The fourth-order valence-corrected chi connectivity index (χ4v) is 2.00. The van der Waals surface area contributed by atoms with Crippen LogP contribution in [0.5, 0.6) is 0 Å². The van der Waals surface area contributed by atoms with Crippen molar-refractivity contribution in [3.8, 4) is 0 Å². The molecule has 0 amide bonds. The molecule has 0 bridgehead atoms. The number of hydrogen-bond donors (Lipinski definition) is 0. The van der Waals surface area contributed by atoms with E-state index in [0.717, 1.165) is 38.9 Å². The van der Waals surface area contributed by atoms with E-state index in [1.807, 2.05) is 6.08 Å². The van der Waals surface area contributed by atoms with Gasteiger partial charge in [0.2, 0.25) is 0 Å². The lowest BCUT2D eigenvalue weighted by molar-refractivity contribution is -0.126. The standard InChI is InChI=1S/C12H21NO/c1-3-5-6-8-13-9-7-12(14)11(4-2)10-13/h3,11H,1,4-10H2,2H3. The lowest BCUT2D eigenvalue weighted by atomic mass is 9.94. The van der Waals surface area contributed by atoms with Gasteiger partial charge in [0.25, 0.3) is 0 Å². The van der Waals surface area contributed by atoms with Crippen LogP contribution in [0.25, 0.3) is 0 Å². The number of carbonyl (C=O) groups is 1. The summed E-state index contributed by atoms with van der Waals surface area (Å²) in [6.45, 7) is 8.89. The number of nitrogens with zero attached hydrogens (tertiary/aromatic N) is 1. The van der Waals surface area contributed by atoms with Crippen molar-refractivity contribution in [2.24, 2.45) is 5.92 Å². The maximum atomic E-state index is 11.5. The largest absolute Gasteiger partial charge is 0.302 e. The predicted molar refractivity (Wildman–Crippen MR) is 59.3 cm³/mol. The second-order valence-corrected chi connectivity index (χ2v) is 4.05. The molecule has 2 heteroatoms. The average Bonchev–Trinajstić information content (AvgIpc) is 2.21. The fraction of sp³-hybridized carbons (Fsp3) is 0.750. The van der Waals surface area contributed by atoms with Crippen molar-refractivity contribution < 1.29 is 4.79 Å². The molecule has 1 unspecified atom stereocenters. The van der Waals surface area contributed by atoms with Gasteiger partial charge in [-0.3, -0.25) is 4.79 Å². The first-order valence-electron chi connectivity index (χ1n) is 5.64. The van der Waals surface area contributed by atoms with Gasteiger partial charge in [-0.2, -0.15) is 0 Å². The van der Waals surface area contributed by atoms with Gasteiger partial charge in [0, 0.05) is 25.4 Å². The number of hydrogen-bond acceptors (Lipinski definition) is 2. The van der Waals surface area contributed by atoms with Crippen molar-refractivity contribution in [3.63, 3.8) is 0 Å². The van der Waals surface area contributed by atoms with E-state index >= 15 is 0 Å². The minimum atomic E-state index is 0.299. The van der Waals surface area contributed by atoms with E-state index in [9.17, 15) is 4.79 Å². The number of rotatable bonds is 5. The summed E-state index contributed by atoms with van der Waals surface area (Å²) in [6.07, 6.45) is 5.98. The summed E-state index contributed by atoms with van der Waals surface area (Å²) in [6, 6.07) is 0. The minimum absolute atomic E-state index is 0.299. The van der Waals surface area contributed by atoms with E-state index in [0.29, 0.717) is 11.7 Å². The molecule has 0 radical (unpaired) electrons. The molecule has 2 nitrogen and oxygen atoms in total. The lowest BCUT2D eigenvalue weighted by Gasteiger charge is -2.31. The smallest absolute Gasteiger partial charge is 0.138 e. The van der Waals surface area contributed by atoms with Crippen LogP contribution in [0.3, 0.4) is 0 Å². The predicted octanol–water partition coefficient (Wildman–Crippen LogP) is 2.25.